The van der Waals surface area contributed by atoms with Gasteiger partial charge in [-0.1, -0.05) is 11.8 Å². The average Bonchev–Trinajstić information content (AvgIpc) is 2.98. The molecule has 0 fully saturated rings. The summed E-state index contributed by atoms with van der Waals surface area (Å²) < 4.78 is 0. The lowest BCUT2D eigenvalue weighted by Gasteiger charge is -2.14. The summed E-state index contributed by atoms with van der Waals surface area (Å²) in [6.07, 6.45) is 0. The van der Waals surface area contributed by atoms with Crippen LogP contribution in [0.1, 0.15) is 16.0 Å². The van der Waals surface area contributed by atoms with E-state index in [2.05, 4.69) is 52.1 Å². The van der Waals surface area contributed by atoms with Crippen molar-refractivity contribution in [1.29, 1.82) is 0 Å². The molecule has 94 valence electrons. The van der Waals surface area contributed by atoms with Crippen molar-refractivity contribution >= 4 is 22.7 Å². The lowest BCUT2D eigenvalue weighted by atomic mass is 10.3. The van der Waals surface area contributed by atoms with Crippen molar-refractivity contribution in [3.8, 4) is 11.8 Å². The summed E-state index contributed by atoms with van der Waals surface area (Å²) in [6.45, 7) is 2.37. The lowest BCUT2D eigenvalue weighted by Crippen LogP contribution is -2.15. The summed E-state index contributed by atoms with van der Waals surface area (Å²) in [7, 11) is 2.14. The number of nitrogens with zero attached hydrogens (tertiary/aromatic N) is 1. The van der Waals surface area contributed by atoms with E-state index in [1.165, 1.54) is 10.4 Å². The first kappa shape index (κ1) is 13.3. The molecule has 2 heterocycles. The van der Waals surface area contributed by atoms with Gasteiger partial charge in [0.2, 0.25) is 0 Å². The molecule has 0 atom stereocenters. The largest absolute Gasteiger partial charge is 0.320 e. The van der Waals surface area contributed by atoms with Crippen molar-refractivity contribution in [2.75, 3.05) is 13.6 Å². The number of nitrogens with two attached hydrogens (primary N) is 1. The van der Waals surface area contributed by atoms with Gasteiger partial charge in [-0.2, -0.15) is 11.3 Å². The Balaban J connectivity index is 1.90. The minimum atomic E-state index is 0.420. The molecule has 0 aliphatic rings. The van der Waals surface area contributed by atoms with Crippen LogP contribution in [0.15, 0.2) is 28.3 Å². The predicted octanol–water partition coefficient (Wildman–Crippen LogP) is 2.75. The molecule has 0 aliphatic heterocycles. The van der Waals surface area contributed by atoms with Crippen LogP contribution in [0, 0.1) is 11.8 Å². The second kappa shape index (κ2) is 6.72. The van der Waals surface area contributed by atoms with E-state index in [9.17, 15) is 0 Å². The second-order valence-electron chi connectivity index (χ2n) is 4.11. The van der Waals surface area contributed by atoms with Crippen molar-refractivity contribution in [3.63, 3.8) is 0 Å². The van der Waals surface area contributed by atoms with Crippen molar-refractivity contribution in [2.24, 2.45) is 5.73 Å². The second-order valence-corrected chi connectivity index (χ2v) is 5.89. The maximum atomic E-state index is 5.36. The third kappa shape index (κ3) is 3.97. The van der Waals surface area contributed by atoms with Gasteiger partial charge in [0, 0.05) is 28.9 Å². The van der Waals surface area contributed by atoms with Crippen LogP contribution in [-0.4, -0.2) is 18.5 Å². The number of hydrogen-bond acceptors (Lipinski definition) is 4. The highest BCUT2D eigenvalue weighted by atomic mass is 32.1. The molecule has 2 nitrogen and oxygen atoms in total. The molecule has 0 saturated carbocycles. The van der Waals surface area contributed by atoms with E-state index in [0.29, 0.717) is 6.54 Å². The first-order valence-electron chi connectivity index (χ1n) is 5.74. The molecule has 2 rings (SSSR count). The number of thiophene rings is 2. The Kier molecular flexibility index (Phi) is 4.97. The van der Waals surface area contributed by atoms with Crippen molar-refractivity contribution < 1.29 is 0 Å². The fraction of sp³-hybridized carbons (Fsp3) is 0.286. The van der Waals surface area contributed by atoms with Crippen molar-refractivity contribution in [1.82, 2.24) is 4.90 Å². The van der Waals surface area contributed by atoms with Crippen LogP contribution < -0.4 is 5.73 Å². The Hall–Kier alpha value is -1.12. The molecule has 18 heavy (non-hydrogen) atoms. The zero-order chi connectivity index (χ0) is 12.8. The van der Waals surface area contributed by atoms with E-state index >= 15 is 0 Å². The fourth-order valence-electron chi connectivity index (χ4n) is 1.70. The summed E-state index contributed by atoms with van der Waals surface area (Å²) in [5, 5.41) is 6.41. The van der Waals surface area contributed by atoms with Crippen molar-refractivity contribution in [2.45, 2.75) is 13.1 Å². The summed E-state index contributed by atoms with van der Waals surface area (Å²) in [6, 6.07) is 4.32. The maximum Gasteiger partial charge on any atom is 0.0555 e. The highest BCUT2D eigenvalue weighted by molar-refractivity contribution is 7.10. The van der Waals surface area contributed by atoms with Crippen molar-refractivity contribution in [3.05, 3.63) is 44.3 Å². The zero-order valence-corrected chi connectivity index (χ0v) is 12.0. The average molecular weight is 276 g/mol. The van der Waals surface area contributed by atoms with Crippen LogP contribution in [-0.2, 0) is 13.1 Å². The van der Waals surface area contributed by atoms with Crippen LogP contribution in [0.3, 0.4) is 0 Å². The van der Waals surface area contributed by atoms with Gasteiger partial charge in [-0.3, -0.25) is 4.90 Å². The first-order chi connectivity index (χ1) is 8.78. The summed E-state index contributed by atoms with van der Waals surface area (Å²) in [4.78, 5) is 3.66. The minimum Gasteiger partial charge on any atom is -0.320 e. The Labute approximate surface area is 116 Å². The Bertz CT molecular complexity index is 532. The van der Waals surface area contributed by atoms with Gasteiger partial charge in [0.1, 0.15) is 0 Å². The minimum absolute atomic E-state index is 0.420. The van der Waals surface area contributed by atoms with E-state index in [1.54, 1.807) is 22.7 Å². The predicted molar refractivity (Wildman–Crippen MR) is 79.7 cm³/mol. The first-order valence-corrected chi connectivity index (χ1v) is 7.56. The number of rotatable bonds is 4. The van der Waals surface area contributed by atoms with Crippen LogP contribution in [0.4, 0.5) is 0 Å². The van der Waals surface area contributed by atoms with Gasteiger partial charge in [0.25, 0.3) is 0 Å². The molecule has 2 N–H and O–H groups in total. The van der Waals surface area contributed by atoms with Gasteiger partial charge in [0.05, 0.1) is 6.54 Å². The third-order valence-corrected chi connectivity index (χ3v) is 4.10. The van der Waals surface area contributed by atoms with Crippen LogP contribution in [0.25, 0.3) is 0 Å². The molecular formula is C14H16N2S2. The SMILES string of the molecule is CN(Cc1ccsc1)Cc1cc(C#CCN)cs1. The summed E-state index contributed by atoms with van der Waals surface area (Å²) in [5.74, 6) is 5.94. The molecule has 0 saturated heterocycles. The van der Waals surface area contributed by atoms with E-state index < -0.39 is 0 Å². The zero-order valence-electron chi connectivity index (χ0n) is 10.3. The van der Waals surface area contributed by atoms with Gasteiger partial charge >= 0.3 is 0 Å². The fourth-order valence-corrected chi connectivity index (χ4v) is 3.25. The molecule has 0 spiro atoms. The highest BCUT2D eigenvalue weighted by Gasteiger charge is 2.04. The van der Waals surface area contributed by atoms with Gasteiger partial charge in [-0.25, -0.2) is 0 Å². The molecule has 0 aromatic carbocycles. The molecule has 2 aromatic heterocycles. The topological polar surface area (TPSA) is 29.3 Å². The Morgan fingerprint density at radius 2 is 2.22 bits per heavy atom. The van der Waals surface area contributed by atoms with E-state index in [1.807, 2.05) is 0 Å². The Morgan fingerprint density at radius 3 is 2.94 bits per heavy atom. The molecule has 0 bridgehead atoms. The smallest absolute Gasteiger partial charge is 0.0555 e. The Morgan fingerprint density at radius 1 is 1.33 bits per heavy atom. The molecule has 0 aliphatic carbocycles. The van der Waals surface area contributed by atoms with Crippen LogP contribution in [0.2, 0.25) is 0 Å². The number of hydrogen-bond donors (Lipinski definition) is 1. The van der Waals surface area contributed by atoms with E-state index in [0.717, 1.165) is 18.7 Å². The van der Waals surface area contributed by atoms with Gasteiger partial charge in [0.15, 0.2) is 0 Å². The van der Waals surface area contributed by atoms with E-state index in [4.69, 9.17) is 5.73 Å². The lowest BCUT2D eigenvalue weighted by molar-refractivity contribution is 0.322. The molecule has 4 heteroatoms. The quantitative estimate of drug-likeness (QED) is 0.870. The van der Waals surface area contributed by atoms with Gasteiger partial charge in [-0.05, 0) is 35.5 Å². The molecule has 0 amide bonds. The van der Waals surface area contributed by atoms with Gasteiger partial charge in [-0.15, -0.1) is 11.3 Å². The molecule has 2 aromatic rings. The maximum absolute atomic E-state index is 5.36. The normalized spacial score (nSPS) is 10.4. The van der Waals surface area contributed by atoms with Crippen LogP contribution >= 0.6 is 22.7 Å². The summed E-state index contributed by atoms with van der Waals surface area (Å²) >= 11 is 3.51. The standard InChI is InChI=1S/C14H16N2S2/c1-16(8-13-4-6-17-10-13)9-14-7-12(11-18-14)3-2-5-15/h4,6-7,10-11H,5,8-9,15H2,1H3. The molecular weight excluding hydrogens is 260 g/mol. The van der Waals surface area contributed by atoms with Crippen LogP contribution in [0.5, 0.6) is 0 Å². The molecule has 0 radical (unpaired) electrons. The third-order valence-electron chi connectivity index (χ3n) is 2.45. The monoisotopic (exact) mass is 276 g/mol. The summed E-state index contributed by atoms with van der Waals surface area (Å²) in [5.41, 5.74) is 7.81. The van der Waals surface area contributed by atoms with Gasteiger partial charge < -0.3 is 5.73 Å². The highest BCUT2D eigenvalue weighted by Crippen LogP contribution is 2.17. The molecule has 0 unspecified atom stereocenters. The van der Waals surface area contributed by atoms with E-state index in [-0.39, 0.29) is 0 Å².